The molecule has 3 heteroatoms. The van der Waals surface area contributed by atoms with Crippen LogP contribution in [0, 0.1) is 11.3 Å². The van der Waals surface area contributed by atoms with Crippen molar-refractivity contribution in [2.24, 2.45) is 0 Å². The zero-order valence-electron chi connectivity index (χ0n) is 12.1. The van der Waals surface area contributed by atoms with Crippen LogP contribution in [0.1, 0.15) is 32.8 Å². The van der Waals surface area contributed by atoms with Gasteiger partial charge in [-0.1, -0.05) is 32.9 Å². The van der Waals surface area contributed by atoms with Crippen molar-refractivity contribution >= 4 is 5.69 Å². The number of nitrogens with one attached hydrogen (secondary N) is 1. The molecule has 0 bridgehead atoms. The lowest BCUT2D eigenvalue weighted by molar-refractivity contribution is 0.481. The number of nitrogens with zero attached hydrogens (tertiary/aromatic N) is 2. The molecule has 1 N–H and O–H groups in total. The first-order valence-electron chi connectivity index (χ1n) is 6.97. The minimum absolute atomic E-state index is 0.189. The average Bonchev–Trinajstić information content (AvgIpc) is 2.39. The molecule has 0 amide bonds. The molecule has 0 aliphatic carbocycles. The van der Waals surface area contributed by atoms with Crippen molar-refractivity contribution < 1.29 is 0 Å². The molecule has 1 unspecified atom stereocenters. The van der Waals surface area contributed by atoms with Gasteiger partial charge in [-0.15, -0.1) is 0 Å². The van der Waals surface area contributed by atoms with Crippen LogP contribution in [0.2, 0.25) is 0 Å². The lowest BCUT2D eigenvalue weighted by atomic mass is 9.87. The molecule has 1 atom stereocenters. The molecular weight excluding hydrogens is 234 g/mol. The molecule has 0 spiro atoms. The van der Waals surface area contributed by atoms with E-state index in [0.29, 0.717) is 12.5 Å². The Bertz CT molecular complexity index is 450. The molecule has 19 heavy (non-hydrogen) atoms. The van der Waals surface area contributed by atoms with Gasteiger partial charge in [-0.2, -0.15) is 5.26 Å². The van der Waals surface area contributed by atoms with Gasteiger partial charge in [0.15, 0.2) is 0 Å². The van der Waals surface area contributed by atoms with Gasteiger partial charge >= 0.3 is 0 Å². The van der Waals surface area contributed by atoms with Crippen molar-refractivity contribution in [3.05, 3.63) is 29.8 Å². The second kappa shape index (κ2) is 5.63. The Hall–Kier alpha value is -1.53. The molecule has 1 saturated heterocycles. The maximum Gasteiger partial charge on any atom is 0.0643 e. The van der Waals surface area contributed by atoms with E-state index in [1.807, 2.05) is 0 Å². The highest BCUT2D eigenvalue weighted by Gasteiger charge is 2.22. The molecule has 102 valence electrons. The van der Waals surface area contributed by atoms with Crippen LogP contribution in [0.25, 0.3) is 0 Å². The quantitative estimate of drug-likeness (QED) is 0.885. The van der Waals surface area contributed by atoms with Gasteiger partial charge in [0.2, 0.25) is 0 Å². The smallest absolute Gasteiger partial charge is 0.0643 e. The standard InChI is InChI=1S/C16H23N3/c1-16(2,3)13-4-6-14(7-5-13)19-11-10-18-12-15(19)8-9-17/h4-7,15,18H,8,10-12H2,1-3H3. The van der Waals surface area contributed by atoms with Gasteiger partial charge in [0.05, 0.1) is 18.5 Å². The molecule has 0 aromatic heterocycles. The third kappa shape index (κ3) is 3.27. The Morgan fingerprint density at radius 1 is 1.32 bits per heavy atom. The summed E-state index contributed by atoms with van der Waals surface area (Å²) in [7, 11) is 0. The topological polar surface area (TPSA) is 39.1 Å². The fourth-order valence-corrected chi connectivity index (χ4v) is 2.54. The van der Waals surface area contributed by atoms with E-state index in [9.17, 15) is 0 Å². The highest BCUT2D eigenvalue weighted by atomic mass is 15.2. The third-order valence-electron chi connectivity index (χ3n) is 3.74. The second-order valence-corrected chi connectivity index (χ2v) is 6.21. The van der Waals surface area contributed by atoms with E-state index in [4.69, 9.17) is 5.26 Å². The molecule has 1 fully saturated rings. The summed E-state index contributed by atoms with van der Waals surface area (Å²) in [5.74, 6) is 0. The van der Waals surface area contributed by atoms with Gasteiger partial charge in [0.25, 0.3) is 0 Å². The predicted octanol–water partition coefficient (Wildman–Crippen LogP) is 2.68. The number of piperazine rings is 1. The van der Waals surface area contributed by atoms with Crippen molar-refractivity contribution in [3.63, 3.8) is 0 Å². The normalized spacial score (nSPS) is 20.1. The fraction of sp³-hybridized carbons (Fsp3) is 0.562. The van der Waals surface area contributed by atoms with E-state index in [0.717, 1.165) is 19.6 Å². The molecule has 1 heterocycles. The molecule has 0 saturated carbocycles. The van der Waals surface area contributed by atoms with E-state index in [1.54, 1.807) is 0 Å². The van der Waals surface area contributed by atoms with Crippen molar-refractivity contribution in [1.29, 1.82) is 5.26 Å². The fourth-order valence-electron chi connectivity index (χ4n) is 2.54. The average molecular weight is 257 g/mol. The van der Waals surface area contributed by atoms with E-state index >= 15 is 0 Å². The number of hydrogen-bond donors (Lipinski definition) is 1. The summed E-state index contributed by atoms with van der Waals surface area (Å²) in [5, 5.41) is 12.3. The van der Waals surface area contributed by atoms with Crippen molar-refractivity contribution in [2.75, 3.05) is 24.5 Å². The Labute approximate surface area is 116 Å². The van der Waals surface area contributed by atoms with Gasteiger partial charge in [0.1, 0.15) is 0 Å². The molecule has 1 aliphatic rings. The number of benzene rings is 1. The van der Waals surface area contributed by atoms with E-state index in [-0.39, 0.29) is 5.41 Å². The van der Waals surface area contributed by atoms with Gasteiger partial charge < -0.3 is 10.2 Å². The van der Waals surface area contributed by atoms with Crippen molar-refractivity contribution in [1.82, 2.24) is 5.32 Å². The summed E-state index contributed by atoms with van der Waals surface area (Å²) in [5.41, 5.74) is 2.77. The zero-order valence-corrected chi connectivity index (χ0v) is 12.1. The summed E-state index contributed by atoms with van der Waals surface area (Å²) in [6, 6.07) is 11.4. The maximum atomic E-state index is 8.93. The molecule has 3 nitrogen and oxygen atoms in total. The van der Waals surface area contributed by atoms with Gasteiger partial charge in [-0.3, -0.25) is 0 Å². The summed E-state index contributed by atoms with van der Waals surface area (Å²) in [6.45, 7) is 9.54. The highest BCUT2D eigenvalue weighted by molar-refractivity contribution is 5.50. The largest absolute Gasteiger partial charge is 0.365 e. The van der Waals surface area contributed by atoms with Gasteiger partial charge in [-0.05, 0) is 23.1 Å². The first kappa shape index (κ1) is 13.9. The number of hydrogen-bond acceptors (Lipinski definition) is 3. The minimum atomic E-state index is 0.189. The lowest BCUT2D eigenvalue weighted by Crippen LogP contribution is -2.51. The summed E-state index contributed by atoms with van der Waals surface area (Å²) in [4.78, 5) is 2.35. The summed E-state index contributed by atoms with van der Waals surface area (Å²) in [6.07, 6.45) is 0.577. The molecule has 0 radical (unpaired) electrons. The Morgan fingerprint density at radius 2 is 2.00 bits per heavy atom. The van der Waals surface area contributed by atoms with Crippen LogP contribution in [0.4, 0.5) is 5.69 Å². The minimum Gasteiger partial charge on any atom is -0.365 e. The Morgan fingerprint density at radius 3 is 2.58 bits per heavy atom. The van der Waals surface area contributed by atoms with E-state index < -0.39 is 0 Å². The van der Waals surface area contributed by atoms with Crippen LogP contribution >= 0.6 is 0 Å². The van der Waals surface area contributed by atoms with Crippen LogP contribution in [-0.2, 0) is 5.41 Å². The lowest BCUT2D eigenvalue weighted by Gasteiger charge is -2.37. The molecule has 1 aliphatic heterocycles. The van der Waals surface area contributed by atoms with Crippen LogP contribution in [0.15, 0.2) is 24.3 Å². The monoisotopic (exact) mass is 257 g/mol. The first-order valence-corrected chi connectivity index (χ1v) is 6.97. The Balaban J connectivity index is 2.18. The highest BCUT2D eigenvalue weighted by Crippen LogP contribution is 2.26. The molecular formula is C16H23N3. The van der Waals surface area contributed by atoms with Crippen molar-refractivity contribution in [3.8, 4) is 6.07 Å². The number of nitriles is 1. The van der Waals surface area contributed by atoms with Crippen LogP contribution in [0.5, 0.6) is 0 Å². The maximum absolute atomic E-state index is 8.93. The van der Waals surface area contributed by atoms with Gasteiger partial charge in [-0.25, -0.2) is 0 Å². The van der Waals surface area contributed by atoms with Crippen LogP contribution < -0.4 is 10.2 Å². The number of anilines is 1. The second-order valence-electron chi connectivity index (χ2n) is 6.21. The van der Waals surface area contributed by atoms with Crippen LogP contribution in [-0.4, -0.2) is 25.7 Å². The predicted molar refractivity (Wildman–Crippen MR) is 79.4 cm³/mol. The summed E-state index contributed by atoms with van der Waals surface area (Å²) >= 11 is 0. The zero-order chi connectivity index (χ0) is 13.9. The first-order chi connectivity index (χ1) is 9.02. The number of rotatable bonds is 2. The molecule has 1 aromatic rings. The van der Waals surface area contributed by atoms with Gasteiger partial charge in [0, 0.05) is 25.3 Å². The molecule has 1 aromatic carbocycles. The van der Waals surface area contributed by atoms with Crippen molar-refractivity contribution in [2.45, 2.75) is 38.6 Å². The van der Waals surface area contributed by atoms with Crippen LogP contribution in [0.3, 0.4) is 0 Å². The molecule has 2 rings (SSSR count). The SMILES string of the molecule is CC(C)(C)c1ccc(N2CCNCC2CC#N)cc1. The van der Waals surface area contributed by atoms with E-state index in [1.165, 1.54) is 11.3 Å². The Kier molecular flexibility index (Phi) is 4.11. The van der Waals surface area contributed by atoms with E-state index in [2.05, 4.69) is 61.3 Å². The third-order valence-corrected chi connectivity index (χ3v) is 3.74. The summed E-state index contributed by atoms with van der Waals surface area (Å²) < 4.78 is 0.